The van der Waals surface area contributed by atoms with Gasteiger partial charge in [0.2, 0.25) is 0 Å². The van der Waals surface area contributed by atoms with Crippen molar-refractivity contribution in [2.45, 2.75) is 45.1 Å². The van der Waals surface area contributed by atoms with Crippen LogP contribution in [0, 0.1) is 5.82 Å². The Kier molecular flexibility index (Phi) is 11.4. The number of hydrogen-bond donors (Lipinski definition) is 2. The zero-order chi connectivity index (χ0) is 31.7. The molecule has 0 radical (unpaired) electrons. The van der Waals surface area contributed by atoms with Crippen LogP contribution in [0.4, 0.5) is 15.0 Å². The summed E-state index contributed by atoms with van der Waals surface area (Å²) < 4.78 is 34.6. The smallest absolute Gasteiger partial charge is 0.322 e. The number of ether oxygens (including phenoxy) is 4. The zero-order valence-corrected chi connectivity index (χ0v) is 25.7. The monoisotopic (exact) mass is 601 g/mol. The van der Waals surface area contributed by atoms with Crippen LogP contribution in [0.2, 0.25) is 0 Å². The first kappa shape index (κ1) is 33.3. The van der Waals surface area contributed by atoms with Gasteiger partial charge in [-0.1, -0.05) is 12.1 Å². The summed E-state index contributed by atoms with van der Waals surface area (Å²) in [5, 5.41) is 4.71. The Morgan fingerprint density at radius 3 is 2.47 bits per heavy atom. The predicted octanol–water partition coefficient (Wildman–Crippen LogP) is 3.31. The molecule has 1 saturated heterocycles. The summed E-state index contributed by atoms with van der Waals surface area (Å²) in [4.78, 5) is 43.1. The van der Waals surface area contributed by atoms with Gasteiger partial charge in [-0.3, -0.25) is 14.9 Å². The summed E-state index contributed by atoms with van der Waals surface area (Å²) in [6.07, 6.45) is 3.27. The molecule has 3 heterocycles. The quantitative estimate of drug-likeness (QED) is 0.214. The highest BCUT2D eigenvalue weighted by molar-refractivity contribution is 6.06. The lowest BCUT2D eigenvalue weighted by Gasteiger charge is -2.28. The molecule has 0 aliphatic carbocycles. The number of amides is 4. The Hall–Kier alpha value is -4.23. The summed E-state index contributed by atoms with van der Waals surface area (Å²) in [5.41, 5.74) is 1.49. The van der Waals surface area contributed by atoms with Crippen molar-refractivity contribution < 1.29 is 37.7 Å². The number of halogens is 1. The van der Waals surface area contributed by atoms with Gasteiger partial charge < -0.3 is 34.1 Å². The van der Waals surface area contributed by atoms with Gasteiger partial charge in [-0.05, 0) is 44.0 Å². The molecule has 1 fully saturated rings. The number of carbonyl (C=O) groups is 3. The first-order valence-electron chi connectivity index (χ1n) is 13.8. The number of aromatic nitrogens is 1. The molecule has 1 unspecified atom stereocenters. The van der Waals surface area contributed by atoms with Gasteiger partial charge in [0.05, 0.1) is 25.5 Å². The number of carbonyl (C=O) groups excluding carboxylic acids is 3. The second-order valence-electron chi connectivity index (χ2n) is 10.1. The Morgan fingerprint density at radius 2 is 1.88 bits per heavy atom. The average Bonchev–Trinajstić information content (AvgIpc) is 3.50. The Bertz CT molecular complexity index is 1350. The number of imide groups is 1. The maximum Gasteiger partial charge on any atom is 0.322 e. The molecule has 2 aliphatic heterocycles. The van der Waals surface area contributed by atoms with Crippen LogP contribution in [0.25, 0.3) is 6.08 Å². The van der Waals surface area contributed by atoms with Crippen molar-refractivity contribution in [3.8, 4) is 5.75 Å². The molecular weight excluding hydrogens is 561 g/mol. The summed E-state index contributed by atoms with van der Waals surface area (Å²) in [5.74, 6) is -0.640. The van der Waals surface area contributed by atoms with E-state index in [9.17, 15) is 18.8 Å². The highest BCUT2D eigenvalue weighted by atomic mass is 19.1. The fourth-order valence-electron chi connectivity index (χ4n) is 4.67. The minimum Gasteiger partial charge on any atom is -0.498 e. The van der Waals surface area contributed by atoms with Crippen molar-refractivity contribution in [3.63, 3.8) is 0 Å². The minimum atomic E-state index is -0.860. The van der Waals surface area contributed by atoms with E-state index in [4.69, 9.17) is 18.9 Å². The second-order valence-corrected chi connectivity index (χ2v) is 10.1. The minimum absolute atomic E-state index is 0.118. The number of benzene rings is 1. The molecule has 4 rings (SSSR count). The van der Waals surface area contributed by atoms with E-state index < -0.39 is 29.6 Å². The van der Waals surface area contributed by atoms with Crippen molar-refractivity contribution >= 4 is 29.7 Å². The molecule has 234 valence electrons. The van der Waals surface area contributed by atoms with E-state index in [1.54, 1.807) is 39.5 Å². The highest BCUT2D eigenvalue weighted by Gasteiger charge is 2.34. The normalized spacial score (nSPS) is 16.3. The Labute approximate surface area is 251 Å². The van der Waals surface area contributed by atoms with Crippen LogP contribution in [0.1, 0.15) is 48.3 Å². The Morgan fingerprint density at radius 1 is 1.16 bits per heavy atom. The van der Waals surface area contributed by atoms with Gasteiger partial charge in [-0.2, -0.15) is 0 Å². The molecule has 2 N–H and O–H groups in total. The zero-order valence-electron chi connectivity index (χ0n) is 25.7. The summed E-state index contributed by atoms with van der Waals surface area (Å²) in [6.45, 7) is 6.02. The van der Waals surface area contributed by atoms with Gasteiger partial charge in [-0.15, -0.1) is 0 Å². The maximum absolute atomic E-state index is 13.6. The third-order valence-corrected chi connectivity index (χ3v) is 7.35. The van der Waals surface area contributed by atoms with Gasteiger partial charge in [0.15, 0.2) is 23.4 Å². The Balaban J connectivity index is 0.000000299. The molecule has 1 atom stereocenters. The average molecular weight is 602 g/mol. The largest absolute Gasteiger partial charge is 0.498 e. The lowest BCUT2D eigenvalue weighted by Crippen LogP contribution is -2.32. The molecule has 0 saturated carbocycles. The van der Waals surface area contributed by atoms with Crippen LogP contribution in [0.5, 0.6) is 5.75 Å². The van der Waals surface area contributed by atoms with Gasteiger partial charge in [0.25, 0.3) is 11.8 Å². The standard InChI is InChI=1S/C20H30N4O5.C10H10FNO2/c1-6-24(12-8-11-20(2,28-4)29-5)16-10-7-9-14(21-16)13-15(27-3)17-18(25)23-19(26)22-17;1-12-5-6-3-4-7(14-2)9(11)8(6)10(12)13/h7,9-10,13,17H,6,8,11-12H2,1-5H3,(H2,22,23,25,26);3-4H,5H2,1-2H3/b15-13-;. The lowest BCUT2D eigenvalue weighted by atomic mass is 10.1. The topological polar surface area (TPSA) is 132 Å². The van der Waals surface area contributed by atoms with Gasteiger partial charge in [0, 0.05) is 53.4 Å². The van der Waals surface area contributed by atoms with Crippen molar-refractivity contribution in [1.82, 2.24) is 20.5 Å². The maximum atomic E-state index is 13.6. The molecule has 2 aliphatic rings. The van der Waals surface area contributed by atoms with Gasteiger partial charge in [0.1, 0.15) is 11.6 Å². The number of nitrogens with one attached hydrogen (secondary N) is 2. The van der Waals surface area contributed by atoms with Crippen LogP contribution < -0.4 is 20.3 Å². The molecule has 2 aromatic rings. The summed E-state index contributed by atoms with van der Waals surface area (Å²) in [6, 6.07) is 7.51. The number of nitrogens with zero attached hydrogens (tertiary/aromatic N) is 3. The summed E-state index contributed by atoms with van der Waals surface area (Å²) in [7, 11) is 7.76. The molecule has 1 aromatic heterocycles. The predicted molar refractivity (Wildman–Crippen MR) is 158 cm³/mol. The molecule has 13 heteroatoms. The first-order chi connectivity index (χ1) is 20.5. The number of hydrogen-bond acceptors (Lipinski definition) is 9. The highest BCUT2D eigenvalue weighted by Crippen LogP contribution is 2.29. The number of urea groups is 1. The summed E-state index contributed by atoms with van der Waals surface area (Å²) >= 11 is 0. The molecule has 1 aromatic carbocycles. The molecule has 0 bridgehead atoms. The van der Waals surface area contributed by atoms with Crippen molar-refractivity contribution in [2.75, 3.05) is 53.5 Å². The van der Waals surface area contributed by atoms with E-state index in [0.29, 0.717) is 18.0 Å². The van der Waals surface area contributed by atoms with E-state index in [2.05, 4.69) is 27.4 Å². The molecule has 0 spiro atoms. The van der Waals surface area contributed by atoms with Crippen molar-refractivity contribution in [1.29, 1.82) is 0 Å². The van der Waals surface area contributed by atoms with Crippen LogP contribution in [0.3, 0.4) is 0 Å². The van der Waals surface area contributed by atoms with Crippen molar-refractivity contribution in [3.05, 3.63) is 58.7 Å². The number of anilines is 1. The van der Waals surface area contributed by atoms with Gasteiger partial charge in [-0.25, -0.2) is 14.2 Å². The fraction of sp³-hybridized carbons (Fsp3) is 0.467. The van der Waals surface area contributed by atoms with E-state index in [-0.39, 0.29) is 17.2 Å². The number of methoxy groups -OCH3 is 4. The number of fused-ring (bicyclic) bond motifs is 1. The molecule has 4 amide bonds. The van der Waals surface area contributed by atoms with E-state index >= 15 is 0 Å². The second kappa shape index (κ2) is 14.8. The molecule has 12 nitrogen and oxygen atoms in total. The van der Waals surface area contributed by atoms with Crippen LogP contribution in [-0.4, -0.2) is 88.1 Å². The molecular formula is C30H40FN5O7. The SMILES string of the molecule is CCN(CCCC(C)(OC)OC)c1cccc(/C=C(\OC)C2NC(=O)NC2=O)n1.COc1ccc2c(c1F)C(=O)N(C)C2. The van der Waals surface area contributed by atoms with E-state index in [0.717, 1.165) is 37.3 Å². The van der Waals surface area contributed by atoms with Crippen LogP contribution in [0.15, 0.2) is 36.1 Å². The molecule has 43 heavy (non-hydrogen) atoms. The fourth-order valence-corrected chi connectivity index (χ4v) is 4.67. The first-order valence-corrected chi connectivity index (χ1v) is 13.8. The van der Waals surface area contributed by atoms with E-state index in [1.165, 1.54) is 19.1 Å². The van der Waals surface area contributed by atoms with Crippen LogP contribution in [-0.2, 0) is 25.5 Å². The van der Waals surface area contributed by atoms with Gasteiger partial charge >= 0.3 is 6.03 Å². The third kappa shape index (κ3) is 7.99. The number of pyridine rings is 1. The number of rotatable bonds is 12. The van der Waals surface area contributed by atoms with Crippen molar-refractivity contribution in [2.24, 2.45) is 0 Å². The van der Waals surface area contributed by atoms with E-state index in [1.807, 2.05) is 25.1 Å². The van der Waals surface area contributed by atoms with Crippen LogP contribution >= 0.6 is 0 Å². The lowest BCUT2D eigenvalue weighted by molar-refractivity contribution is -0.197. The third-order valence-electron chi connectivity index (χ3n) is 7.35.